The number of allylic oxidation sites excluding steroid dienone is 4. The van der Waals surface area contributed by atoms with Gasteiger partial charge in [-0.2, -0.15) is 0 Å². The zero-order valence-electron chi connectivity index (χ0n) is 24.3. The summed E-state index contributed by atoms with van der Waals surface area (Å²) in [5, 5.41) is 10.1. The van der Waals surface area contributed by atoms with Crippen LogP contribution >= 0.6 is 11.6 Å². The number of carbonyl (C=O) groups excluding carboxylic acids is 1. The van der Waals surface area contributed by atoms with Gasteiger partial charge in [-0.1, -0.05) is 48.0 Å². The van der Waals surface area contributed by atoms with Crippen LogP contribution in [0.15, 0.2) is 59.1 Å². The van der Waals surface area contributed by atoms with E-state index in [4.69, 9.17) is 16.3 Å². The zero-order chi connectivity index (χ0) is 29.6. The summed E-state index contributed by atoms with van der Waals surface area (Å²) in [7, 11) is 0. The molecule has 0 saturated carbocycles. The molecule has 4 aliphatic rings. The number of fused-ring (bicyclic) bond motifs is 1. The molecule has 2 atom stereocenters. The number of likely N-dealkylation sites (tertiary alicyclic amines) is 1. The highest BCUT2D eigenvalue weighted by Gasteiger charge is 2.44. The van der Waals surface area contributed by atoms with Crippen LogP contribution in [0.1, 0.15) is 42.9 Å². The number of carboxylic acids is 1. The van der Waals surface area contributed by atoms with Crippen LogP contribution in [-0.4, -0.2) is 90.2 Å². The zero-order valence-corrected chi connectivity index (χ0v) is 25.1. The van der Waals surface area contributed by atoms with Gasteiger partial charge in [0, 0.05) is 70.0 Å². The number of aryl methyl sites for hydroxylation is 2. The van der Waals surface area contributed by atoms with Crippen molar-refractivity contribution in [1.29, 1.82) is 0 Å². The summed E-state index contributed by atoms with van der Waals surface area (Å²) >= 11 is 5.79. The fraction of sp³-hybridized carbons (Fsp3) is 0.515. The second-order valence-electron chi connectivity index (χ2n) is 11.6. The van der Waals surface area contributed by atoms with Gasteiger partial charge in [0.25, 0.3) is 0 Å². The van der Waals surface area contributed by atoms with Crippen molar-refractivity contribution in [3.63, 3.8) is 0 Å². The standard InChI is InChI=1S/C33H41ClFN3O4/c1-2-30(35)27(7-4-12-34)28-21-38(26-10-17-42-18-11-26)22-29(28)32(39)37-15-13-36(14-16-37)31(33(40)41)20-23-8-9-24-5-3-6-25(24)19-23/h2,4,7-9,12,19-20,26,28-29H,3,5-6,10-11,13-18,21-22H2,1H3,(H,40,41)/b12-4+,27-7-,30-2+,31-20+/t28-,29+/m0/s1. The highest BCUT2D eigenvalue weighted by molar-refractivity contribution is 6.25. The fourth-order valence-corrected chi connectivity index (χ4v) is 7.04. The van der Waals surface area contributed by atoms with Gasteiger partial charge in [0.15, 0.2) is 0 Å². The fourth-order valence-electron chi connectivity index (χ4n) is 6.96. The van der Waals surface area contributed by atoms with Gasteiger partial charge in [-0.15, -0.1) is 0 Å². The number of amides is 1. The van der Waals surface area contributed by atoms with Crippen LogP contribution in [0.25, 0.3) is 6.08 Å². The molecule has 7 nitrogen and oxygen atoms in total. The molecule has 0 bridgehead atoms. The third kappa shape index (κ3) is 6.82. The summed E-state index contributed by atoms with van der Waals surface area (Å²) in [6.07, 6.45) is 11.5. The van der Waals surface area contributed by atoms with Crippen LogP contribution < -0.4 is 0 Å². The van der Waals surface area contributed by atoms with E-state index in [-0.39, 0.29) is 23.3 Å². The molecule has 1 N–H and O–H groups in total. The van der Waals surface area contributed by atoms with Crippen molar-refractivity contribution in [3.8, 4) is 0 Å². The molecule has 3 saturated heterocycles. The van der Waals surface area contributed by atoms with Gasteiger partial charge in [-0.25, -0.2) is 9.18 Å². The molecule has 1 aromatic rings. The molecule has 42 heavy (non-hydrogen) atoms. The quantitative estimate of drug-likeness (QED) is 0.335. The lowest BCUT2D eigenvalue weighted by atomic mass is 9.86. The Hall–Kier alpha value is -2.94. The number of hydrogen-bond donors (Lipinski definition) is 1. The number of ether oxygens (including phenoxy) is 1. The molecule has 9 heteroatoms. The van der Waals surface area contributed by atoms with Gasteiger partial charge in [-0.05, 0) is 67.4 Å². The monoisotopic (exact) mass is 597 g/mol. The van der Waals surface area contributed by atoms with Gasteiger partial charge < -0.3 is 19.6 Å². The number of piperazine rings is 1. The summed E-state index contributed by atoms with van der Waals surface area (Å²) in [4.78, 5) is 32.3. The third-order valence-corrected chi connectivity index (χ3v) is 9.37. The average molecular weight is 598 g/mol. The van der Waals surface area contributed by atoms with Crippen molar-refractivity contribution in [2.24, 2.45) is 11.8 Å². The Morgan fingerprint density at radius 3 is 2.40 bits per heavy atom. The van der Waals surface area contributed by atoms with Gasteiger partial charge in [-0.3, -0.25) is 9.69 Å². The summed E-state index contributed by atoms with van der Waals surface area (Å²) in [6.45, 7) is 5.89. The van der Waals surface area contributed by atoms with Crippen molar-refractivity contribution >= 4 is 29.6 Å². The van der Waals surface area contributed by atoms with E-state index in [1.807, 2.05) is 15.9 Å². The van der Waals surface area contributed by atoms with Gasteiger partial charge in [0.1, 0.15) is 11.5 Å². The first-order valence-corrected chi connectivity index (χ1v) is 15.5. The number of benzene rings is 1. The molecule has 0 radical (unpaired) electrons. The van der Waals surface area contributed by atoms with Crippen LogP contribution in [0.4, 0.5) is 4.39 Å². The van der Waals surface area contributed by atoms with Crippen molar-refractivity contribution in [3.05, 3.63) is 75.7 Å². The van der Waals surface area contributed by atoms with Crippen LogP contribution in [0, 0.1) is 11.8 Å². The van der Waals surface area contributed by atoms with Gasteiger partial charge >= 0.3 is 5.97 Å². The Bertz CT molecular complexity index is 1280. The topological polar surface area (TPSA) is 73.3 Å². The number of aliphatic carboxylic acids is 1. The molecule has 1 amide bonds. The van der Waals surface area contributed by atoms with E-state index in [0.717, 1.165) is 37.7 Å². The Labute approximate surface area is 252 Å². The minimum Gasteiger partial charge on any atom is -0.477 e. The summed E-state index contributed by atoms with van der Waals surface area (Å²) in [5.74, 6) is -2.02. The predicted octanol–water partition coefficient (Wildman–Crippen LogP) is 5.02. The lowest BCUT2D eigenvalue weighted by molar-refractivity contribution is -0.138. The highest BCUT2D eigenvalue weighted by atomic mass is 35.5. The molecular formula is C33H41ClFN3O4. The number of hydrogen-bond acceptors (Lipinski definition) is 5. The third-order valence-electron chi connectivity index (χ3n) is 9.23. The van der Waals surface area contributed by atoms with Gasteiger partial charge in [0.05, 0.1) is 5.92 Å². The highest BCUT2D eigenvalue weighted by Crippen LogP contribution is 2.38. The van der Waals surface area contributed by atoms with E-state index >= 15 is 4.39 Å². The molecule has 0 unspecified atom stereocenters. The van der Waals surface area contributed by atoms with E-state index in [1.54, 1.807) is 25.2 Å². The summed E-state index contributed by atoms with van der Waals surface area (Å²) in [5.41, 5.74) is 5.63. The van der Waals surface area contributed by atoms with Crippen LogP contribution in [0.2, 0.25) is 0 Å². The number of halogens is 2. The molecule has 3 heterocycles. The normalized spacial score (nSPS) is 25.0. The van der Waals surface area contributed by atoms with Crippen LogP contribution in [0.5, 0.6) is 0 Å². The maximum absolute atomic E-state index is 15.2. The Balaban J connectivity index is 1.31. The van der Waals surface area contributed by atoms with E-state index in [0.29, 0.717) is 64.1 Å². The first kappa shape index (κ1) is 30.5. The predicted molar refractivity (Wildman–Crippen MR) is 163 cm³/mol. The second-order valence-corrected chi connectivity index (χ2v) is 11.9. The summed E-state index contributed by atoms with van der Waals surface area (Å²) < 4.78 is 20.7. The van der Waals surface area contributed by atoms with Crippen molar-refractivity contribution in [2.45, 2.75) is 45.1 Å². The van der Waals surface area contributed by atoms with Crippen molar-refractivity contribution in [1.82, 2.24) is 14.7 Å². The molecule has 1 aliphatic carbocycles. The molecule has 3 aliphatic heterocycles. The van der Waals surface area contributed by atoms with Crippen molar-refractivity contribution < 1.29 is 23.8 Å². The van der Waals surface area contributed by atoms with Gasteiger partial charge in [0.2, 0.25) is 5.91 Å². The van der Waals surface area contributed by atoms with E-state index in [9.17, 15) is 14.7 Å². The summed E-state index contributed by atoms with van der Waals surface area (Å²) in [6, 6.07) is 6.50. The van der Waals surface area contributed by atoms with E-state index in [2.05, 4.69) is 17.0 Å². The number of nitrogens with zero attached hydrogens (tertiary/aromatic N) is 3. The number of carboxylic acid groups (broad SMARTS) is 1. The molecule has 0 aromatic heterocycles. The molecule has 226 valence electrons. The molecule has 5 rings (SSSR count). The lowest BCUT2D eigenvalue weighted by Crippen LogP contribution is -2.51. The first-order chi connectivity index (χ1) is 20.4. The van der Waals surface area contributed by atoms with E-state index in [1.165, 1.54) is 22.7 Å². The largest absolute Gasteiger partial charge is 0.477 e. The molecule has 0 spiro atoms. The first-order valence-electron chi connectivity index (χ1n) is 15.1. The molecular weight excluding hydrogens is 557 g/mol. The molecule has 1 aromatic carbocycles. The molecule has 3 fully saturated rings. The minimum atomic E-state index is -0.970. The maximum Gasteiger partial charge on any atom is 0.352 e. The van der Waals surface area contributed by atoms with Crippen LogP contribution in [0.3, 0.4) is 0 Å². The smallest absolute Gasteiger partial charge is 0.352 e. The lowest BCUT2D eigenvalue weighted by Gasteiger charge is -2.38. The number of carbonyl (C=O) groups is 2. The second kappa shape index (κ2) is 14.0. The SMILES string of the molecule is C\C=C(F)/C(=C\C=C\Cl)[C@@H]1CN(C2CCOCC2)C[C@H]1C(=O)N1CCN(/C(=C/c2ccc3c(c2)CCC3)C(=O)O)CC1. The Kier molecular flexibility index (Phi) is 10.2. The van der Waals surface area contributed by atoms with Crippen LogP contribution in [-0.2, 0) is 27.2 Å². The average Bonchev–Trinajstić information content (AvgIpc) is 3.67. The maximum atomic E-state index is 15.2. The minimum absolute atomic E-state index is 0.00153. The number of rotatable bonds is 8. The Morgan fingerprint density at radius 2 is 1.71 bits per heavy atom. The van der Waals surface area contributed by atoms with Crippen molar-refractivity contribution in [2.75, 3.05) is 52.5 Å². The Morgan fingerprint density at radius 1 is 1.02 bits per heavy atom. The van der Waals surface area contributed by atoms with E-state index < -0.39 is 11.9 Å².